The maximum atomic E-state index is 8.80. The highest BCUT2D eigenvalue weighted by Crippen LogP contribution is 2.32. The summed E-state index contributed by atoms with van der Waals surface area (Å²) in [5, 5.41) is 16.2. The summed E-state index contributed by atoms with van der Waals surface area (Å²) >= 11 is 1.73. The van der Waals surface area contributed by atoms with Crippen molar-refractivity contribution < 1.29 is 9.63 Å². The molecule has 1 aromatic carbocycles. The Balaban J connectivity index is 1.68. The van der Waals surface area contributed by atoms with Crippen LogP contribution in [-0.2, 0) is 13.0 Å². The van der Waals surface area contributed by atoms with Gasteiger partial charge in [-0.2, -0.15) is 4.98 Å². The van der Waals surface area contributed by atoms with E-state index in [4.69, 9.17) is 9.63 Å². The number of thiophene rings is 1. The van der Waals surface area contributed by atoms with E-state index in [-0.39, 0.29) is 6.61 Å². The van der Waals surface area contributed by atoms with Crippen LogP contribution < -0.4 is 5.32 Å². The normalized spacial score (nSPS) is 11.5. The van der Waals surface area contributed by atoms with Gasteiger partial charge in [0.2, 0.25) is 5.82 Å². The fourth-order valence-corrected chi connectivity index (χ4v) is 4.27. The van der Waals surface area contributed by atoms with Gasteiger partial charge in [-0.15, -0.1) is 11.3 Å². The molecule has 29 heavy (non-hydrogen) atoms. The molecular formula is C22H30N4O2S. The van der Waals surface area contributed by atoms with Gasteiger partial charge in [-0.05, 0) is 50.2 Å². The summed E-state index contributed by atoms with van der Waals surface area (Å²) in [4.78, 5) is 9.40. The molecule has 0 unspecified atom stereocenters. The smallest absolute Gasteiger partial charge is 0.268 e. The van der Waals surface area contributed by atoms with Crippen LogP contribution in [0.5, 0.6) is 0 Å². The Labute approximate surface area is 176 Å². The molecule has 0 saturated carbocycles. The largest absolute Gasteiger partial charge is 0.395 e. The van der Waals surface area contributed by atoms with E-state index < -0.39 is 0 Å². The minimum absolute atomic E-state index is 0.166. The Hall–Kier alpha value is -2.06. The summed E-state index contributed by atoms with van der Waals surface area (Å²) in [5.41, 5.74) is 3.46. The first-order chi connectivity index (χ1) is 14.1. The molecule has 6 nitrogen and oxygen atoms in total. The van der Waals surface area contributed by atoms with E-state index in [9.17, 15) is 0 Å². The predicted molar refractivity (Wildman–Crippen MR) is 118 cm³/mol. The van der Waals surface area contributed by atoms with Crippen molar-refractivity contribution in [3.63, 3.8) is 0 Å². The van der Waals surface area contributed by atoms with E-state index in [2.05, 4.69) is 59.3 Å². The van der Waals surface area contributed by atoms with Gasteiger partial charge in [0.25, 0.3) is 5.89 Å². The van der Waals surface area contributed by atoms with E-state index >= 15 is 0 Å². The lowest BCUT2D eigenvalue weighted by atomic mass is 10.1. The van der Waals surface area contributed by atoms with Gasteiger partial charge < -0.3 is 14.9 Å². The molecule has 0 fully saturated rings. The maximum absolute atomic E-state index is 8.80. The van der Waals surface area contributed by atoms with Crippen LogP contribution in [-0.4, -0.2) is 52.9 Å². The number of aryl methyl sites for hydroxylation is 1. The van der Waals surface area contributed by atoms with Crippen molar-refractivity contribution >= 4 is 11.3 Å². The number of hydrogen-bond acceptors (Lipinski definition) is 7. The highest BCUT2D eigenvalue weighted by molar-refractivity contribution is 7.15. The third kappa shape index (κ3) is 5.73. The maximum Gasteiger partial charge on any atom is 0.268 e. The van der Waals surface area contributed by atoms with Crippen LogP contribution in [0.1, 0.15) is 29.9 Å². The summed E-state index contributed by atoms with van der Waals surface area (Å²) in [5.74, 6) is 1.19. The van der Waals surface area contributed by atoms with Crippen molar-refractivity contribution in [2.24, 2.45) is 0 Å². The molecule has 3 rings (SSSR count). The zero-order chi connectivity index (χ0) is 20.6. The Morgan fingerprint density at radius 1 is 1.14 bits per heavy atom. The number of nitrogens with zero attached hydrogens (tertiary/aromatic N) is 3. The minimum atomic E-state index is 0.166. The van der Waals surface area contributed by atoms with Gasteiger partial charge >= 0.3 is 0 Å². The summed E-state index contributed by atoms with van der Waals surface area (Å²) in [6.07, 6.45) is 0.918. The number of nitrogens with one attached hydrogen (secondary N) is 1. The lowest BCUT2D eigenvalue weighted by Gasteiger charge is -2.17. The van der Waals surface area contributed by atoms with Gasteiger partial charge in [0.1, 0.15) is 0 Å². The van der Waals surface area contributed by atoms with Gasteiger partial charge in [0.05, 0.1) is 11.5 Å². The average molecular weight is 415 g/mol. The molecule has 156 valence electrons. The predicted octanol–water partition coefficient (Wildman–Crippen LogP) is 3.74. The molecule has 3 aromatic rings. The third-order valence-electron chi connectivity index (χ3n) is 5.01. The molecule has 0 amide bonds. The Morgan fingerprint density at radius 3 is 2.59 bits per heavy atom. The number of aliphatic hydroxyl groups excluding tert-OH is 1. The standard InChI is InChI=1S/C22H30N4O2S/c1-4-26(5-2)15-20-16(3)14-19(29-20)22-24-21(25-28-22)18-8-6-17(7-9-18)10-11-23-12-13-27/h6-9,14,23,27H,4-5,10-13,15H2,1-3H3. The average Bonchev–Trinajstić information content (AvgIpc) is 3.37. The van der Waals surface area contributed by atoms with Crippen LogP contribution in [0.15, 0.2) is 34.9 Å². The molecule has 0 aliphatic carbocycles. The first-order valence-corrected chi connectivity index (χ1v) is 11.0. The molecule has 0 spiro atoms. The van der Waals surface area contributed by atoms with Crippen LogP contribution in [0.3, 0.4) is 0 Å². The van der Waals surface area contributed by atoms with Crippen molar-refractivity contribution in [1.29, 1.82) is 0 Å². The third-order valence-corrected chi connectivity index (χ3v) is 6.22. The fraction of sp³-hybridized carbons (Fsp3) is 0.455. The highest BCUT2D eigenvalue weighted by Gasteiger charge is 2.16. The number of hydrogen-bond donors (Lipinski definition) is 2. The van der Waals surface area contributed by atoms with Crippen LogP contribution in [0, 0.1) is 6.92 Å². The molecule has 2 aromatic heterocycles. The summed E-state index contributed by atoms with van der Waals surface area (Å²) in [7, 11) is 0. The van der Waals surface area contributed by atoms with Gasteiger partial charge in [0.15, 0.2) is 0 Å². The molecule has 0 radical (unpaired) electrons. The van der Waals surface area contributed by atoms with Crippen LogP contribution in [0.2, 0.25) is 0 Å². The quantitative estimate of drug-likeness (QED) is 0.466. The van der Waals surface area contributed by atoms with Crippen LogP contribution >= 0.6 is 11.3 Å². The fourth-order valence-electron chi connectivity index (χ4n) is 3.13. The van der Waals surface area contributed by atoms with E-state index in [1.807, 2.05) is 12.1 Å². The number of rotatable bonds is 11. The van der Waals surface area contributed by atoms with Crippen LogP contribution in [0.4, 0.5) is 0 Å². The molecule has 0 saturated heterocycles. The van der Waals surface area contributed by atoms with Crippen molar-refractivity contribution in [3.8, 4) is 22.2 Å². The molecule has 2 heterocycles. The Morgan fingerprint density at radius 2 is 1.90 bits per heavy atom. The van der Waals surface area contributed by atoms with Gasteiger partial charge in [-0.25, -0.2) is 0 Å². The zero-order valence-corrected chi connectivity index (χ0v) is 18.3. The van der Waals surface area contributed by atoms with Crippen molar-refractivity contribution in [1.82, 2.24) is 20.4 Å². The number of benzene rings is 1. The topological polar surface area (TPSA) is 74.4 Å². The second-order valence-electron chi connectivity index (χ2n) is 7.02. The lowest BCUT2D eigenvalue weighted by Crippen LogP contribution is -2.21. The zero-order valence-electron chi connectivity index (χ0n) is 17.4. The van der Waals surface area contributed by atoms with Gasteiger partial charge in [-0.3, -0.25) is 4.90 Å². The highest BCUT2D eigenvalue weighted by atomic mass is 32.1. The molecule has 7 heteroatoms. The van der Waals surface area contributed by atoms with E-state index in [1.165, 1.54) is 16.0 Å². The van der Waals surface area contributed by atoms with Gasteiger partial charge in [0, 0.05) is 23.5 Å². The van der Waals surface area contributed by atoms with E-state index in [1.54, 1.807) is 11.3 Å². The van der Waals surface area contributed by atoms with Crippen LogP contribution in [0.25, 0.3) is 22.2 Å². The second kappa shape index (κ2) is 10.6. The number of aliphatic hydroxyl groups is 1. The summed E-state index contributed by atoms with van der Waals surface area (Å²) in [6, 6.07) is 10.4. The summed E-state index contributed by atoms with van der Waals surface area (Å²) < 4.78 is 5.56. The molecule has 2 N–H and O–H groups in total. The summed E-state index contributed by atoms with van der Waals surface area (Å²) in [6.45, 7) is 11.2. The minimum Gasteiger partial charge on any atom is -0.395 e. The molecule has 0 bridgehead atoms. The lowest BCUT2D eigenvalue weighted by molar-refractivity contribution is 0.293. The SMILES string of the molecule is CCN(CC)Cc1sc(-c2nc(-c3ccc(CCNCCO)cc3)no2)cc1C. The first kappa shape index (κ1) is 21.6. The van der Waals surface area contributed by atoms with Crippen molar-refractivity contribution in [2.45, 2.75) is 33.7 Å². The Kier molecular flexibility index (Phi) is 7.94. The molecular weight excluding hydrogens is 384 g/mol. The molecule has 0 aliphatic rings. The van der Waals surface area contributed by atoms with E-state index in [0.29, 0.717) is 18.3 Å². The first-order valence-electron chi connectivity index (χ1n) is 10.2. The van der Waals surface area contributed by atoms with Crippen molar-refractivity contribution in [3.05, 3.63) is 46.3 Å². The second-order valence-corrected chi connectivity index (χ2v) is 8.16. The molecule has 0 aliphatic heterocycles. The van der Waals surface area contributed by atoms with Crippen molar-refractivity contribution in [2.75, 3.05) is 32.8 Å². The number of aromatic nitrogens is 2. The van der Waals surface area contributed by atoms with Gasteiger partial charge in [-0.1, -0.05) is 43.3 Å². The Bertz CT molecular complexity index is 885. The monoisotopic (exact) mass is 414 g/mol. The van der Waals surface area contributed by atoms with E-state index in [0.717, 1.165) is 43.0 Å². The molecule has 0 atom stereocenters.